The third-order valence-electron chi connectivity index (χ3n) is 3.81. The molecule has 0 unspecified atom stereocenters. The van der Waals surface area contributed by atoms with E-state index in [1.54, 1.807) is 11.8 Å². The maximum absolute atomic E-state index is 12.6. The van der Waals surface area contributed by atoms with Gasteiger partial charge in [0, 0.05) is 28.6 Å². The second-order valence-corrected chi connectivity index (χ2v) is 8.29. The van der Waals surface area contributed by atoms with Crippen molar-refractivity contribution in [2.45, 2.75) is 23.5 Å². The minimum absolute atomic E-state index is 0.0750. The van der Waals surface area contributed by atoms with Gasteiger partial charge in [-0.2, -0.15) is 0 Å². The van der Waals surface area contributed by atoms with Crippen molar-refractivity contribution in [2.24, 2.45) is 0 Å². The molecule has 27 heavy (non-hydrogen) atoms. The summed E-state index contributed by atoms with van der Waals surface area (Å²) < 4.78 is 0. The zero-order chi connectivity index (χ0) is 19.1. The Kier molecular flexibility index (Phi) is 7.09. The standard InChI is InChI=1S/C19H19ClN4OS2/c20-15-8-3-1-6-13(15)12-26-16-9-4-2-7-14(16)18(25)22-11-5-10-17-23-24-19(21)27-17/h1-4,6-9H,5,10-12H2,(H2,21,24)(H,22,25). The molecule has 0 radical (unpaired) electrons. The lowest BCUT2D eigenvalue weighted by atomic mass is 10.2. The van der Waals surface area contributed by atoms with Crippen LogP contribution in [0.4, 0.5) is 5.13 Å². The number of aromatic nitrogens is 2. The number of carbonyl (C=O) groups is 1. The lowest BCUT2D eigenvalue weighted by Gasteiger charge is -2.10. The van der Waals surface area contributed by atoms with Crippen molar-refractivity contribution in [3.05, 3.63) is 69.7 Å². The number of thioether (sulfide) groups is 1. The number of hydrogen-bond acceptors (Lipinski definition) is 6. The number of hydrogen-bond donors (Lipinski definition) is 2. The molecular weight excluding hydrogens is 400 g/mol. The maximum atomic E-state index is 12.6. The van der Waals surface area contributed by atoms with Crippen molar-refractivity contribution < 1.29 is 4.79 Å². The largest absolute Gasteiger partial charge is 0.374 e. The van der Waals surface area contributed by atoms with Gasteiger partial charge in [0.15, 0.2) is 0 Å². The quantitative estimate of drug-likeness (QED) is 0.417. The van der Waals surface area contributed by atoms with E-state index < -0.39 is 0 Å². The van der Waals surface area contributed by atoms with Crippen LogP contribution < -0.4 is 11.1 Å². The van der Waals surface area contributed by atoms with E-state index in [2.05, 4.69) is 15.5 Å². The van der Waals surface area contributed by atoms with Crippen molar-refractivity contribution in [3.8, 4) is 0 Å². The Hall–Kier alpha value is -2.09. The van der Waals surface area contributed by atoms with Crippen molar-refractivity contribution >= 4 is 45.7 Å². The van der Waals surface area contributed by atoms with Crippen LogP contribution in [0, 0.1) is 0 Å². The first-order valence-corrected chi connectivity index (χ1v) is 10.6. The Balaban J connectivity index is 1.54. The highest BCUT2D eigenvalue weighted by Gasteiger charge is 2.12. The number of rotatable bonds is 8. The first-order chi connectivity index (χ1) is 13.1. The Morgan fingerprint density at radius 2 is 1.93 bits per heavy atom. The number of benzene rings is 2. The molecule has 0 spiro atoms. The van der Waals surface area contributed by atoms with E-state index >= 15 is 0 Å². The van der Waals surface area contributed by atoms with Crippen molar-refractivity contribution in [1.82, 2.24) is 15.5 Å². The van der Waals surface area contributed by atoms with Crippen molar-refractivity contribution in [1.29, 1.82) is 0 Å². The lowest BCUT2D eigenvalue weighted by Crippen LogP contribution is -2.25. The molecule has 0 aliphatic heterocycles. The van der Waals surface area contributed by atoms with Gasteiger partial charge in [-0.05, 0) is 30.2 Å². The Labute approximate surface area is 171 Å². The van der Waals surface area contributed by atoms with Gasteiger partial charge in [-0.1, -0.05) is 53.3 Å². The average Bonchev–Trinajstić information content (AvgIpc) is 3.10. The van der Waals surface area contributed by atoms with Gasteiger partial charge in [-0.25, -0.2) is 0 Å². The number of nitrogen functional groups attached to an aromatic ring is 1. The summed E-state index contributed by atoms with van der Waals surface area (Å²) in [4.78, 5) is 13.5. The van der Waals surface area contributed by atoms with E-state index in [4.69, 9.17) is 17.3 Å². The number of nitrogens with one attached hydrogen (secondary N) is 1. The third-order valence-corrected chi connectivity index (χ3v) is 6.11. The number of anilines is 1. The molecule has 0 saturated heterocycles. The SMILES string of the molecule is Nc1nnc(CCCNC(=O)c2ccccc2SCc2ccccc2Cl)s1. The highest BCUT2D eigenvalue weighted by atomic mass is 35.5. The molecule has 3 aromatic rings. The van der Waals surface area contributed by atoms with Gasteiger partial charge in [0.25, 0.3) is 5.91 Å². The number of carbonyl (C=O) groups excluding carboxylic acids is 1. The van der Waals surface area contributed by atoms with Crippen LogP contribution in [0.15, 0.2) is 53.4 Å². The molecule has 3 N–H and O–H groups in total. The summed E-state index contributed by atoms with van der Waals surface area (Å²) in [5.41, 5.74) is 7.30. The van der Waals surface area contributed by atoms with E-state index in [0.717, 1.165) is 33.3 Å². The van der Waals surface area contributed by atoms with Gasteiger partial charge >= 0.3 is 0 Å². The predicted octanol–water partition coefficient (Wildman–Crippen LogP) is 4.43. The molecule has 1 heterocycles. The summed E-state index contributed by atoms with van der Waals surface area (Å²) in [5, 5.41) is 12.8. The van der Waals surface area contributed by atoms with Crippen molar-refractivity contribution in [3.63, 3.8) is 0 Å². The van der Waals surface area contributed by atoms with Crippen molar-refractivity contribution in [2.75, 3.05) is 12.3 Å². The Morgan fingerprint density at radius 1 is 1.15 bits per heavy atom. The molecule has 0 aliphatic rings. The highest BCUT2D eigenvalue weighted by molar-refractivity contribution is 7.98. The molecule has 1 amide bonds. The van der Waals surface area contributed by atoms with E-state index in [0.29, 0.717) is 23.0 Å². The number of nitrogens with two attached hydrogens (primary N) is 1. The van der Waals surface area contributed by atoms with E-state index in [1.807, 2.05) is 48.5 Å². The lowest BCUT2D eigenvalue weighted by molar-refractivity contribution is 0.0950. The maximum Gasteiger partial charge on any atom is 0.252 e. The summed E-state index contributed by atoms with van der Waals surface area (Å²) in [6.45, 7) is 0.571. The van der Waals surface area contributed by atoms with Crippen LogP contribution in [0.3, 0.4) is 0 Å². The van der Waals surface area contributed by atoms with Crippen LogP contribution in [-0.4, -0.2) is 22.6 Å². The van der Waals surface area contributed by atoms with Gasteiger partial charge < -0.3 is 11.1 Å². The summed E-state index contributed by atoms with van der Waals surface area (Å²) >= 11 is 9.21. The zero-order valence-corrected chi connectivity index (χ0v) is 16.9. The molecule has 8 heteroatoms. The first kappa shape index (κ1) is 19.7. The predicted molar refractivity (Wildman–Crippen MR) is 112 cm³/mol. The van der Waals surface area contributed by atoms with Crippen LogP contribution in [0.2, 0.25) is 5.02 Å². The first-order valence-electron chi connectivity index (χ1n) is 8.45. The van der Waals surface area contributed by atoms with Gasteiger partial charge in [0.1, 0.15) is 5.01 Å². The minimum atomic E-state index is -0.0750. The smallest absolute Gasteiger partial charge is 0.252 e. The second kappa shape index (κ2) is 9.73. The fourth-order valence-electron chi connectivity index (χ4n) is 2.46. The zero-order valence-electron chi connectivity index (χ0n) is 14.5. The number of amides is 1. The van der Waals surface area contributed by atoms with E-state index in [1.165, 1.54) is 11.3 Å². The summed E-state index contributed by atoms with van der Waals surface area (Å²) in [6, 6.07) is 15.4. The molecule has 2 aromatic carbocycles. The fraction of sp³-hybridized carbons (Fsp3) is 0.211. The molecule has 0 atom stereocenters. The Bertz CT molecular complexity index is 916. The van der Waals surface area contributed by atoms with Gasteiger partial charge in [0.05, 0.1) is 5.56 Å². The number of aryl methyl sites for hydroxylation is 1. The fourth-order valence-corrected chi connectivity index (χ4v) is 4.44. The second-order valence-electron chi connectivity index (χ2n) is 5.77. The minimum Gasteiger partial charge on any atom is -0.374 e. The normalized spacial score (nSPS) is 10.7. The number of nitrogens with zero attached hydrogens (tertiary/aromatic N) is 2. The molecule has 1 aromatic heterocycles. The van der Waals surface area contributed by atoms with Crippen LogP contribution in [0.25, 0.3) is 0 Å². The molecular formula is C19H19ClN4OS2. The molecule has 3 rings (SSSR count). The van der Waals surface area contributed by atoms with Crippen LogP contribution in [0.1, 0.15) is 27.3 Å². The summed E-state index contributed by atoms with van der Waals surface area (Å²) in [5.74, 6) is 0.636. The summed E-state index contributed by atoms with van der Waals surface area (Å²) in [6.07, 6.45) is 1.54. The molecule has 0 aliphatic carbocycles. The summed E-state index contributed by atoms with van der Waals surface area (Å²) in [7, 11) is 0. The molecule has 0 fully saturated rings. The Morgan fingerprint density at radius 3 is 2.70 bits per heavy atom. The highest BCUT2D eigenvalue weighted by Crippen LogP contribution is 2.29. The average molecular weight is 419 g/mol. The van der Waals surface area contributed by atoms with Gasteiger partial charge in [-0.15, -0.1) is 22.0 Å². The third kappa shape index (κ3) is 5.69. The van der Waals surface area contributed by atoms with Gasteiger partial charge in [0.2, 0.25) is 5.13 Å². The van der Waals surface area contributed by atoms with Crippen LogP contribution in [0.5, 0.6) is 0 Å². The van der Waals surface area contributed by atoms with Gasteiger partial charge in [-0.3, -0.25) is 4.79 Å². The molecule has 0 saturated carbocycles. The topological polar surface area (TPSA) is 80.9 Å². The van der Waals surface area contributed by atoms with E-state index in [9.17, 15) is 4.79 Å². The molecule has 0 bridgehead atoms. The van der Waals surface area contributed by atoms with Crippen LogP contribution in [-0.2, 0) is 12.2 Å². The molecule has 140 valence electrons. The molecule has 5 nitrogen and oxygen atoms in total. The number of halogens is 1. The van der Waals surface area contributed by atoms with E-state index in [-0.39, 0.29) is 5.91 Å². The van der Waals surface area contributed by atoms with Crippen LogP contribution >= 0.6 is 34.7 Å². The monoisotopic (exact) mass is 418 g/mol.